The quantitative estimate of drug-likeness (QED) is 0.258. The number of nitrogens with one attached hydrogen (secondary N) is 2. The number of rotatable bonds is 7. The Morgan fingerprint density at radius 1 is 1.11 bits per heavy atom. The molecule has 11 heteroatoms. The fourth-order valence-electron chi connectivity index (χ4n) is 3.10. The number of hydrogen-bond acceptors (Lipinski definition) is 6. The van der Waals surface area contributed by atoms with Gasteiger partial charge in [0.15, 0.2) is 5.82 Å². The fraction of sp³-hybridized carbons (Fsp3) is 0.200. The molecule has 1 aromatic heterocycles. The minimum Gasteiger partial charge on any atom is -0.507 e. The summed E-state index contributed by atoms with van der Waals surface area (Å²) in [6, 6.07) is 9.84. The van der Waals surface area contributed by atoms with Crippen molar-refractivity contribution < 1.29 is 27.8 Å². The number of phenolic OH excluding ortho intramolecular Hbond substituents is 1. The highest BCUT2D eigenvalue weighted by atomic mass is 19.4. The van der Waals surface area contributed by atoms with Crippen LogP contribution in [0.5, 0.6) is 17.4 Å². The summed E-state index contributed by atoms with van der Waals surface area (Å²) in [6.45, 7) is 4.05. The molecule has 1 heterocycles. The molecule has 0 fully saturated rings. The number of amides is 2. The third-order valence-corrected chi connectivity index (χ3v) is 4.54. The van der Waals surface area contributed by atoms with Crippen LogP contribution < -0.4 is 15.4 Å². The van der Waals surface area contributed by atoms with Crippen LogP contribution in [0.1, 0.15) is 25.2 Å². The molecular formula is C25H24F3N5O3. The first-order valence-corrected chi connectivity index (χ1v) is 10.8. The number of carbonyl (C=O) groups excluding carboxylic acids is 1. The molecule has 36 heavy (non-hydrogen) atoms. The molecule has 0 spiro atoms. The molecular weight excluding hydrogens is 475 g/mol. The Morgan fingerprint density at radius 2 is 1.83 bits per heavy atom. The van der Waals surface area contributed by atoms with Crippen LogP contribution in [0.25, 0.3) is 5.57 Å². The van der Waals surface area contributed by atoms with Gasteiger partial charge in [-0.3, -0.25) is 4.99 Å². The van der Waals surface area contributed by atoms with E-state index in [0.29, 0.717) is 23.3 Å². The Bertz CT molecular complexity index is 1290. The van der Waals surface area contributed by atoms with Crippen molar-refractivity contribution in [3.05, 3.63) is 72.2 Å². The van der Waals surface area contributed by atoms with Gasteiger partial charge in [0.05, 0.1) is 5.56 Å². The van der Waals surface area contributed by atoms with Crippen molar-refractivity contribution in [1.82, 2.24) is 9.97 Å². The summed E-state index contributed by atoms with van der Waals surface area (Å²) >= 11 is 0. The monoisotopic (exact) mass is 499 g/mol. The number of aliphatic imine (C=N–C) groups is 1. The minimum absolute atomic E-state index is 0.139. The van der Waals surface area contributed by atoms with Crippen molar-refractivity contribution in [2.75, 3.05) is 17.7 Å². The lowest BCUT2D eigenvalue weighted by molar-refractivity contribution is -0.138. The van der Waals surface area contributed by atoms with Crippen LogP contribution in [0.4, 0.5) is 29.3 Å². The van der Waals surface area contributed by atoms with Crippen molar-refractivity contribution in [2.45, 2.75) is 20.0 Å². The highest BCUT2D eigenvalue weighted by Gasteiger charge is 2.34. The standard InChI is InChI=1S/C25H24F3N5O3/c1-15(2)11-16(14-29-3)23-30-10-9-22(33-23)36-19-6-4-5-17(12-19)31-24(35)32-18-7-8-21(34)20(13-18)25(26,27)28/h4-15,34H,1-3H3,(H2,31,32,35)/b16-11+,29-14?. The summed E-state index contributed by atoms with van der Waals surface area (Å²) in [5.41, 5.74) is -0.323. The van der Waals surface area contributed by atoms with Crippen molar-refractivity contribution in [1.29, 1.82) is 0 Å². The van der Waals surface area contributed by atoms with Gasteiger partial charge >= 0.3 is 12.2 Å². The van der Waals surface area contributed by atoms with E-state index in [-0.39, 0.29) is 17.5 Å². The van der Waals surface area contributed by atoms with Crippen LogP contribution in [0.15, 0.2) is 65.8 Å². The summed E-state index contributed by atoms with van der Waals surface area (Å²) in [4.78, 5) is 25.1. The molecule has 2 aromatic carbocycles. The topological polar surface area (TPSA) is 109 Å². The molecule has 0 atom stereocenters. The number of halogens is 3. The molecule has 8 nitrogen and oxygen atoms in total. The van der Waals surface area contributed by atoms with Gasteiger partial charge in [0.1, 0.15) is 11.5 Å². The van der Waals surface area contributed by atoms with E-state index >= 15 is 0 Å². The molecule has 3 rings (SSSR count). The first-order valence-electron chi connectivity index (χ1n) is 10.8. The number of phenols is 1. The molecule has 188 valence electrons. The predicted molar refractivity (Wildman–Crippen MR) is 132 cm³/mol. The maximum Gasteiger partial charge on any atom is 0.420 e. The molecule has 0 aliphatic rings. The van der Waals surface area contributed by atoms with Crippen LogP contribution in [0.3, 0.4) is 0 Å². The van der Waals surface area contributed by atoms with Crippen molar-refractivity contribution in [2.24, 2.45) is 10.9 Å². The van der Waals surface area contributed by atoms with E-state index in [2.05, 4.69) is 25.6 Å². The number of nitrogens with zero attached hydrogens (tertiary/aromatic N) is 3. The second-order valence-corrected chi connectivity index (χ2v) is 7.91. The number of alkyl halides is 3. The zero-order chi connectivity index (χ0) is 26.3. The number of benzene rings is 2. The van der Waals surface area contributed by atoms with E-state index in [1.165, 1.54) is 6.07 Å². The Labute approximate surface area is 205 Å². The molecule has 0 radical (unpaired) electrons. The minimum atomic E-state index is -4.76. The van der Waals surface area contributed by atoms with Gasteiger partial charge in [0, 0.05) is 48.5 Å². The normalized spacial score (nSPS) is 12.1. The fourth-order valence-corrected chi connectivity index (χ4v) is 3.10. The van der Waals surface area contributed by atoms with E-state index in [1.807, 2.05) is 19.9 Å². The lowest BCUT2D eigenvalue weighted by Gasteiger charge is -2.13. The average molecular weight is 499 g/mol. The highest BCUT2D eigenvalue weighted by molar-refractivity contribution is 6.08. The lowest BCUT2D eigenvalue weighted by Crippen LogP contribution is -2.19. The second kappa shape index (κ2) is 11.3. The Balaban J connectivity index is 1.72. The number of urea groups is 1. The van der Waals surface area contributed by atoms with E-state index in [1.54, 1.807) is 43.7 Å². The summed E-state index contributed by atoms with van der Waals surface area (Å²) in [5, 5.41) is 14.3. The Kier molecular flexibility index (Phi) is 8.26. The van der Waals surface area contributed by atoms with Gasteiger partial charge in [-0.05, 0) is 36.2 Å². The second-order valence-electron chi connectivity index (χ2n) is 7.91. The zero-order valence-corrected chi connectivity index (χ0v) is 19.7. The number of aromatic hydroxyl groups is 1. The molecule has 3 aromatic rings. The molecule has 0 saturated heterocycles. The van der Waals surface area contributed by atoms with Gasteiger partial charge in [0.25, 0.3) is 0 Å². The number of allylic oxidation sites excluding steroid dienone is 2. The van der Waals surface area contributed by atoms with Crippen molar-refractivity contribution >= 4 is 29.2 Å². The number of carbonyl (C=O) groups is 1. The van der Waals surface area contributed by atoms with E-state index in [9.17, 15) is 23.1 Å². The van der Waals surface area contributed by atoms with Gasteiger partial charge < -0.3 is 20.5 Å². The van der Waals surface area contributed by atoms with Crippen LogP contribution >= 0.6 is 0 Å². The number of ether oxygens (including phenoxy) is 1. The first-order chi connectivity index (χ1) is 17.0. The van der Waals surface area contributed by atoms with Gasteiger partial charge in [-0.15, -0.1) is 0 Å². The zero-order valence-electron chi connectivity index (χ0n) is 19.7. The Morgan fingerprint density at radius 3 is 2.50 bits per heavy atom. The molecule has 0 saturated carbocycles. The summed E-state index contributed by atoms with van der Waals surface area (Å²) in [5.74, 6) is 0.388. The van der Waals surface area contributed by atoms with Crippen molar-refractivity contribution in [3.63, 3.8) is 0 Å². The summed E-state index contributed by atoms with van der Waals surface area (Å²) in [6.07, 6.45) is 0.423. The van der Waals surface area contributed by atoms with Gasteiger partial charge in [0.2, 0.25) is 5.88 Å². The SMILES string of the molecule is CN=C/C(=C\C(C)C)c1nccc(Oc2cccc(NC(=O)Nc3ccc(O)c(C(F)(F)F)c3)c2)n1. The smallest absolute Gasteiger partial charge is 0.420 e. The van der Waals surface area contributed by atoms with Gasteiger partial charge in [-0.1, -0.05) is 26.0 Å². The van der Waals surface area contributed by atoms with E-state index < -0.39 is 23.5 Å². The predicted octanol–water partition coefficient (Wildman–Crippen LogP) is 6.38. The third-order valence-electron chi connectivity index (χ3n) is 4.54. The molecule has 0 aliphatic carbocycles. The summed E-state index contributed by atoms with van der Waals surface area (Å²) in [7, 11) is 1.65. The van der Waals surface area contributed by atoms with Crippen LogP contribution in [-0.4, -0.2) is 34.4 Å². The number of anilines is 2. The molecule has 2 amide bonds. The molecule has 3 N–H and O–H groups in total. The maximum absolute atomic E-state index is 13.0. The molecule has 0 aliphatic heterocycles. The Hall–Kier alpha value is -4.41. The average Bonchev–Trinajstić information content (AvgIpc) is 2.79. The largest absolute Gasteiger partial charge is 0.507 e. The van der Waals surface area contributed by atoms with Crippen LogP contribution in [0.2, 0.25) is 0 Å². The van der Waals surface area contributed by atoms with Crippen molar-refractivity contribution in [3.8, 4) is 17.4 Å². The summed E-state index contributed by atoms with van der Waals surface area (Å²) < 4.78 is 44.7. The van der Waals surface area contributed by atoms with Gasteiger partial charge in [-0.2, -0.15) is 18.2 Å². The highest BCUT2D eigenvalue weighted by Crippen LogP contribution is 2.37. The number of hydrogen-bond donors (Lipinski definition) is 3. The first kappa shape index (κ1) is 26.2. The van der Waals surface area contributed by atoms with E-state index in [4.69, 9.17) is 4.74 Å². The number of aromatic nitrogens is 2. The molecule has 0 bridgehead atoms. The molecule has 0 unspecified atom stereocenters. The van der Waals surface area contributed by atoms with Crippen LogP contribution in [0, 0.1) is 5.92 Å². The van der Waals surface area contributed by atoms with Gasteiger partial charge in [-0.25, -0.2) is 9.78 Å². The maximum atomic E-state index is 13.0. The van der Waals surface area contributed by atoms with Crippen LogP contribution in [-0.2, 0) is 6.18 Å². The van der Waals surface area contributed by atoms with E-state index in [0.717, 1.165) is 17.7 Å². The lowest BCUT2D eigenvalue weighted by atomic mass is 10.1. The third kappa shape index (κ3) is 7.29.